The van der Waals surface area contributed by atoms with Crippen LogP contribution in [0.2, 0.25) is 0 Å². The fourth-order valence-corrected chi connectivity index (χ4v) is 4.05. The SMILES string of the molecule is CON=C(COc1cc(CC(=O)O)cc(OC2CCCC2)c1)c1cccc(Oc2ccccc2)c1. The number of aliphatic carboxylic acids is 1. The molecule has 0 radical (unpaired) electrons. The van der Waals surface area contributed by atoms with Crippen LogP contribution >= 0.6 is 0 Å². The summed E-state index contributed by atoms with van der Waals surface area (Å²) in [4.78, 5) is 16.4. The van der Waals surface area contributed by atoms with E-state index in [1.54, 1.807) is 18.2 Å². The summed E-state index contributed by atoms with van der Waals surface area (Å²) in [5.74, 6) is 1.61. The number of nitrogens with zero attached hydrogens (tertiary/aromatic N) is 1. The predicted molar refractivity (Wildman–Crippen MR) is 133 cm³/mol. The fraction of sp³-hybridized carbons (Fsp3) is 0.286. The molecule has 1 fully saturated rings. The van der Waals surface area contributed by atoms with Crippen LogP contribution in [0.5, 0.6) is 23.0 Å². The van der Waals surface area contributed by atoms with Gasteiger partial charge in [0, 0.05) is 11.6 Å². The Balaban J connectivity index is 1.50. The molecule has 3 aromatic carbocycles. The molecule has 0 heterocycles. The van der Waals surface area contributed by atoms with Crippen LogP contribution in [0.15, 0.2) is 78.0 Å². The van der Waals surface area contributed by atoms with E-state index >= 15 is 0 Å². The van der Waals surface area contributed by atoms with E-state index in [2.05, 4.69) is 5.16 Å². The maximum absolute atomic E-state index is 11.3. The molecule has 0 spiro atoms. The minimum Gasteiger partial charge on any atom is -0.490 e. The Hall–Kier alpha value is -4.00. The molecular formula is C28H29NO6. The molecule has 1 N–H and O–H groups in total. The van der Waals surface area contributed by atoms with E-state index in [4.69, 9.17) is 19.0 Å². The van der Waals surface area contributed by atoms with Crippen LogP contribution < -0.4 is 14.2 Å². The lowest BCUT2D eigenvalue weighted by Crippen LogP contribution is -2.15. The molecule has 4 rings (SSSR count). The second-order valence-corrected chi connectivity index (χ2v) is 8.36. The molecule has 0 atom stereocenters. The normalized spacial score (nSPS) is 13.9. The molecule has 7 heteroatoms. The number of hydrogen-bond acceptors (Lipinski definition) is 6. The van der Waals surface area contributed by atoms with Gasteiger partial charge in [0.2, 0.25) is 0 Å². The van der Waals surface area contributed by atoms with Gasteiger partial charge in [-0.15, -0.1) is 0 Å². The lowest BCUT2D eigenvalue weighted by Gasteiger charge is -2.16. The standard InChI is InChI=1S/C28H29NO6/c1-32-29-27(21-8-7-13-24(17-21)34-22-9-3-2-4-10-22)19-33-25-14-20(16-28(30)31)15-26(18-25)35-23-11-5-6-12-23/h2-4,7-10,13-15,17-18,23H,5-6,11-12,16,19H2,1H3,(H,30,31). The van der Waals surface area contributed by atoms with Gasteiger partial charge in [0.25, 0.3) is 0 Å². The number of para-hydroxylation sites is 1. The first-order valence-electron chi connectivity index (χ1n) is 11.7. The largest absolute Gasteiger partial charge is 0.490 e. The molecular weight excluding hydrogens is 446 g/mol. The van der Waals surface area contributed by atoms with Crippen LogP contribution in [0.4, 0.5) is 0 Å². The summed E-state index contributed by atoms with van der Waals surface area (Å²) >= 11 is 0. The van der Waals surface area contributed by atoms with Crippen LogP contribution in [-0.4, -0.2) is 36.6 Å². The summed E-state index contributed by atoms with van der Waals surface area (Å²) in [7, 11) is 1.48. The molecule has 0 amide bonds. The minimum atomic E-state index is -0.911. The van der Waals surface area contributed by atoms with Gasteiger partial charge in [-0.25, -0.2) is 0 Å². The molecule has 3 aromatic rings. The molecule has 1 aliphatic rings. The van der Waals surface area contributed by atoms with Crippen molar-refractivity contribution in [3.8, 4) is 23.0 Å². The number of rotatable bonds is 11. The van der Waals surface area contributed by atoms with Crippen molar-refractivity contribution in [1.29, 1.82) is 0 Å². The average molecular weight is 476 g/mol. The van der Waals surface area contributed by atoms with Crippen molar-refractivity contribution in [1.82, 2.24) is 0 Å². The minimum absolute atomic E-state index is 0.113. The summed E-state index contributed by atoms with van der Waals surface area (Å²) in [5.41, 5.74) is 1.96. The van der Waals surface area contributed by atoms with Crippen molar-refractivity contribution in [2.75, 3.05) is 13.7 Å². The Morgan fingerprint density at radius 2 is 1.66 bits per heavy atom. The summed E-state index contributed by atoms with van der Waals surface area (Å²) < 4.78 is 18.1. The van der Waals surface area contributed by atoms with Crippen LogP contribution in [0.3, 0.4) is 0 Å². The van der Waals surface area contributed by atoms with E-state index in [0.29, 0.717) is 28.5 Å². The van der Waals surface area contributed by atoms with Crippen molar-refractivity contribution in [2.45, 2.75) is 38.2 Å². The second-order valence-electron chi connectivity index (χ2n) is 8.36. The zero-order chi connectivity index (χ0) is 24.5. The van der Waals surface area contributed by atoms with E-state index in [1.807, 2.05) is 54.6 Å². The maximum Gasteiger partial charge on any atom is 0.307 e. The molecule has 0 unspecified atom stereocenters. The highest BCUT2D eigenvalue weighted by molar-refractivity contribution is 6.01. The van der Waals surface area contributed by atoms with E-state index in [9.17, 15) is 9.90 Å². The van der Waals surface area contributed by atoms with Gasteiger partial charge in [-0.05, 0) is 67.6 Å². The monoisotopic (exact) mass is 475 g/mol. The van der Waals surface area contributed by atoms with Gasteiger partial charge in [0.15, 0.2) is 0 Å². The number of carboxylic acid groups (broad SMARTS) is 1. The van der Waals surface area contributed by atoms with Gasteiger partial charge in [-0.3, -0.25) is 4.79 Å². The van der Waals surface area contributed by atoms with E-state index in [1.165, 1.54) is 7.11 Å². The summed E-state index contributed by atoms with van der Waals surface area (Å²) in [5, 5.41) is 13.4. The lowest BCUT2D eigenvalue weighted by molar-refractivity contribution is -0.136. The smallest absolute Gasteiger partial charge is 0.307 e. The van der Waals surface area contributed by atoms with Gasteiger partial charge >= 0.3 is 5.97 Å². The molecule has 1 aliphatic carbocycles. The van der Waals surface area contributed by atoms with Crippen molar-refractivity contribution < 1.29 is 28.9 Å². The van der Waals surface area contributed by atoms with Gasteiger partial charge in [-0.2, -0.15) is 0 Å². The zero-order valence-corrected chi connectivity index (χ0v) is 19.7. The van der Waals surface area contributed by atoms with Crippen molar-refractivity contribution in [3.05, 3.63) is 83.9 Å². The molecule has 0 aromatic heterocycles. The first kappa shape index (κ1) is 24.1. The first-order valence-corrected chi connectivity index (χ1v) is 11.7. The topological polar surface area (TPSA) is 86.6 Å². The summed E-state index contributed by atoms with van der Waals surface area (Å²) in [6, 6.07) is 22.3. The number of benzene rings is 3. The average Bonchev–Trinajstić information content (AvgIpc) is 3.35. The van der Waals surface area contributed by atoms with Crippen molar-refractivity contribution >= 4 is 11.7 Å². The van der Waals surface area contributed by atoms with E-state index in [-0.39, 0.29) is 19.1 Å². The fourth-order valence-electron chi connectivity index (χ4n) is 4.05. The highest BCUT2D eigenvalue weighted by atomic mass is 16.6. The van der Waals surface area contributed by atoms with Gasteiger partial charge < -0.3 is 24.2 Å². The Bertz CT molecular complexity index is 1160. The quantitative estimate of drug-likeness (QED) is 0.276. The van der Waals surface area contributed by atoms with Gasteiger partial charge in [-0.1, -0.05) is 35.5 Å². The third-order valence-corrected chi connectivity index (χ3v) is 5.62. The first-order chi connectivity index (χ1) is 17.1. The molecule has 1 saturated carbocycles. The van der Waals surface area contributed by atoms with Crippen molar-refractivity contribution in [3.63, 3.8) is 0 Å². The predicted octanol–water partition coefficient (Wildman–Crippen LogP) is 5.86. The number of carboxylic acids is 1. The molecule has 0 saturated heterocycles. The van der Waals surface area contributed by atoms with Crippen molar-refractivity contribution in [2.24, 2.45) is 5.16 Å². The second kappa shape index (κ2) is 11.9. The van der Waals surface area contributed by atoms with E-state index in [0.717, 1.165) is 37.0 Å². The maximum atomic E-state index is 11.3. The van der Waals surface area contributed by atoms with Crippen LogP contribution in [-0.2, 0) is 16.1 Å². The van der Waals surface area contributed by atoms with Crippen LogP contribution in [0.25, 0.3) is 0 Å². The number of ether oxygens (including phenoxy) is 3. The van der Waals surface area contributed by atoms with E-state index < -0.39 is 5.97 Å². The Kier molecular flexibility index (Phi) is 8.22. The number of carbonyl (C=O) groups is 1. The summed E-state index contributed by atoms with van der Waals surface area (Å²) in [6.07, 6.45) is 4.34. The highest BCUT2D eigenvalue weighted by Gasteiger charge is 2.18. The Morgan fingerprint density at radius 3 is 2.40 bits per heavy atom. The Labute approximate surface area is 204 Å². The number of oxime groups is 1. The van der Waals surface area contributed by atoms with Gasteiger partial charge in [0.05, 0.1) is 12.5 Å². The molecule has 182 valence electrons. The zero-order valence-electron chi connectivity index (χ0n) is 19.7. The molecule has 35 heavy (non-hydrogen) atoms. The molecule has 0 bridgehead atoms. The lowest BCUT2D eigenvalue weighted by atomic mass is 10.1. The number of hydrogen-bond donors (Lipinski definition) is 1. The molecule has 7 nitrogen and oxygen atoms in total. The molecule has 0 aliphatic heterocycles. The third kappa shape index (κ3) is 7.24. The highest BCUT2D eigenvalue weighted by Crippen LogP contribution is 2.29. The van der Waals surface area contributed by atoms with Crippen LogP contribution in [0.1, 0.15) is 36.8 Å². The van der Waals surface area contributed by atoms with Crippen LogP contribution in [0, 0.1) is 0 Å². The summed E-state index contributed by atoms with van der Waals surface area (Å²) in [6.45, 7) is 0.113. The Morgan fingerprint density at radius 1 is 0.914 bits per heavy atom. The van der Waals surface area contributed by atoms with Gasteiger partial charge in [0.1, 0.15) is 42.4 Å². The third-order valence-electron chi connectivity index (χ3n) is 5.62.